The molecule has 1 amide bonds. The Bertz CT molecular complexity index is 675. The summed E-state index contributed by atoms with van der Waals surface area (Å²) in [6, 6.07) is 12.6. The second-order valence-electron chi connectivity index (χ2n) is 6.58. The molecule has 2 rings (SSSR count). The Kier molecular flexibility index (Phi) is 6.10. The smallest absolute Gasteiger partial charge is 0.279 e. The number of amides is 1. The van der Waals surface area contributed by atoms with Gasteiger partial charge < -0.3 is 10.6 Å². The van der Waals surface area contributed by atoms with E-state index in [0.29, 0.717) is 12.5 Å². The topological polar surface area (TPSA) is 45.7 Å². The van der Waals surface area contributed by atoms with Gasteiger partial charge >= 0.3 is 0 Å². The molecule has 128 valence electrons. The van der Waals surface area contributed by atoms with E-state index in [0.717, 1.165) is 22.4 Å². The standard InChI is InChI=1S/C20H25FN2O/c1-13(2)19(16-8-10-17(21)11-9-16)22-12-18(24)23-20-14(3)6-5-7-15(20)4/h5-11,13,19,22H,12H2,1-4H3,(H,23,24)/p+1/t19-/m0/s1. The van der Waals surface area contributed by atoms with Crippen molar-refractivity contribution in [2.45, 2.75) is 33.7 Å². The molecule has 0 spiro atoms. The lowest BCUT2D eigenvalue weighted by Gasteiger charge is -2.20. The van der Waals surface area contributed by atoms with Gasteiger partial charge in [-0.25, -0.2) is 4.39 Å². The average molecular weight is 329 g/mol. The van der Waals surface area contributed by atoms with Crippen molar-refractivity contribution in [2.75, 3.05) is 11.9 Å². The van der Waals surface area contributed by atoms with Crippen LogP contribution in [-0.2, 0) is 4.79 Å². The first-order valence-corrected chi connectivity index (χ1v) is 8.33. The van der Waals surface area contributed by atoms with Gasteiger partial charge in [0.05, 0.1) is 0 Å². The molecule has 3 N–H and O–H groups in total. The van der Waals surface area contributed by atoms with Crippen LogP contribution in [-0.4, -0.2) is 12.5 Å². The van der Waals surface area contributed by atoms with Crippen molar-refractivity contribution >= 4 is 11.6 Å². The maximum Gasteiger partial charge on any atom is 0.279 e. The molecule has 0 unspecified atom stereocenters. The summed E-state index contributed by atoms with van der Waals surface area (Å²) in [6.45, 7) is 8.51. The minimum Gasteiger partial charge on any atom is -0.332 e. The molecular formula is C20H26FN2O+. The highest BCUT2D eigenvalue weighted by molar-refractivity contribution is 5.92. The Morgan fingerprint density at radius 2 is 1.67 bits per heavy atom. The lowest BCUT2D eigenvalue weighted by Crippen LogP contribution is -2.88. The number of hydrogen-bond donors (Lipinski definition) is 2. The molecule has 0 saturated heterocycles. The van der Waals surface area contributed by atoms with Crippen molar-refractivity contribution in [1.29, 1.82) is 0 Å². The van der Waals surface area contributed by atoms with Gasteiger partial charge in [0.2, 0.25) is 0 Å². The Labute approximate surface area is 143 Å². The zero-order valence-corrected chi connectivity index (χ0v) is 14.8. The zero-order valence-electron chi connectivity index (χ0n) is 14.8. The molecule has 2 aromatic rings. The molecule has 24 heavy (non-hydrogen) atoms. The van der Waals surface area contributed by atoms with Crippen molar-refractivity contribution in [3.63, 3.8) is 0 Å². The number of quaternary nitrogens is 1. The molecule has 0 aliphatic heterocycles. The summed E-state index contributed by atoms with van der Waals surface area (Å²) in [5.74, 6) is 0.0673. The Balaban J connectivity index is 2.01. The van der Waals surface area contributed by atoms with Gasteiger partial charge in [-0.2, -0.15) is 0 Å². The van der Waals surface area contributed by atoms with E-state index < -0.39 is 0 Å². The quantitative estimate of drug-likeness (QED) is 0.839. The highest BCUT2D eigenvalue weighted by atomic mass is 19.1. The number of rotatable bonds is 6. The van der Waals surface area contributed by atoms with Crippen molar-refractivity contribution in [2.24, 2.45) is 5.92 Å². The first kappa shape index (κ1) is 18.1. The molecule has 0 fully saturated rings. The van der Waals surface area contributed by atoms with Crippen LogP contribution < -0.4 is 10.6 Å². The zero-order chi connectivity index (χ0) is 17.7. The SMILES string of the molecule is Cc1cccc(C)c1NC(=O)C[NH2+][C@H](c1ccc(F)cc1)C(C)C. The number of hydrogen-bond acceptors (Lipinski definition) is 1. The molecule has 0 saturated carbocycles. The van der Waals surface area contributed by atoms with Gasteiger partial charge in [-0.05, 0) is 37.1 Å². The van der Waals surface area contributed by atoms with E-state index in [-0.39, 0.29) is 17.8 Å². The fourth-order valence-electron chi connectivity index (χ4n) is 2.91. The molecule has 3 nitrogen and oxygen atoms in total. The second-order valence-corrected chi connectivity index (χ2v) is 6.58. The minimum atomic E-state index is -0.242. The highest BCUT2D eigenvalue weighted by Gasteiger charge is 2.20. The Morgan fingerprint density at radius 1 is 1.08 bits per heavy atom. The van der Waals surface area contributed by atoms with Gasteiger partial charge in [-0.1, -0.05) is 44.2 Å². The largest absolute Gasteiger partial charge is 0.332 e. The van der Waals surface area contributed by atoms with E-state index >= 15 is 0 Å². The van der Waals surface area contributed by atoms with Crippen molar-refractivity contribution in [1.82, 2.24) is 0 Å². The fourth-order valence-corrected chi connectivity index (χ4v) is 2.91. The number of aryl methyl sites for hydroxylation is 2. The molecule has 4 heteroatoms. The van der Waals surface area contributed by atoms with Gasteiger partial charge in [0.25, 0.3) is 5.91 Å². The van der Waals surface area contributed by atoms with Crippen molar-refractivity contribution in [3.8, 4) is 0 Å². The summed E-state index contributed by atoms with van der Waals surface area (Å²) < 4.78 is 13.1. The van der Waals surface area contributed by atoms with Crippen LogP contribution in [0.4, 0.5) is 10.1 Å². The van der Waals surface area contributed by atoms with E-state index in [2.05, 4.69) is 19.2 Å². The van der Waals surface area contributed by atoms with Gasteiger partial charge in [-0.3, -0.25) is 4.79 Å². The third-order valence-electron chi connectivity index (χ3n) is 4.28. The summed E-state index contributed by atoms with van der Waals surface area (Å²) in [7, 11) is 0. The molecular weight excluding hydrogens is 303 g/mol. The molecule has 0 aliphatic carbocycles. The second kappa shape index (κ2) is 8.06. The van der Waals surface area contributed by atoms with Gasteiger partial charge in [-0.15, -0.1) is 0 Å². The van der Waals surface area contributed by atoms with E-state index in [4.69, 9.17) is 0 Å². The minimum absolute atomic E-state index is 0.0276. The third-order valence-corrected chi connectivity index (χ3v) is 4.28. The third kappa shape index (κ3) is 4.65. The monoisotopic (exact) mass is 329 g/mol. The number of para-hydroxylation sites is 1. The molecule has 0 radical (unpaired) electrons. The summed E-state index contributed by atoms with van der Waals surface area (Å²) >= 11 is 0. The van der Waals surface area contributed by atoms with Crippen LogP contribution in [0.3, 0.4) is 0 Å². The van der Waals surface area contributed by atoms with Crippen LogP contribution in [0.25, 0.3) is 0 Å². The average Bonchev–Trinajstić information content (AvgIpc) is 2.52. The predicted molar refractivity (Wildman–Crippen MR) is 95.3 cm³/mol. The lowest BCUT2D eigenvalue weighted by molar-refractivity contribution is -0.692. The summed E-state index contributed by atoms with van der Waals surface area (Å²) in [5, 5.41) is 5.02. The van der Waals surface area contributed by atoms with Gasteiger partial charge in [0, 0.05) is 17.2 Å². The van der Waals surface area contributed by atoms with Gasteiger partial charge in [0.15, 0.2) is 6.54 Å². The van der Waals surface area contributed by atoms with Crippen LogP contribution >= 0.6 is 0 Å². The van der Waals surface area contributed by atoms with Crippen LogP contribution in [0.5, 0.6) is 0 Å². The maximum absolute atomic E-state index is 13.1. The van der Waals surface area contributed by atoms with Crippen LogP contribution in [0.1, 0.15) is 36.6 Å². The molecule has 2 aromatic carbocycles. The van der Waals surface area contributed by atoms with E-state index in [1.54, 1.807) is 12.1 Å². The summed E-state index contributed by atoms with van der Waals surface area (Å²) in [4.78, 5) is 12.3. The molecule has 0 heterocycles. The number of carbonyl (C=O) groups is 1. The van der Waals surface area contributed by atoms with Crippen LogP contribution in [0, 0.1) is 25.6 Å². The van der Waals surface area contributed by atoms with E-state index in [1.807, 2.05) is 37.4 Å². The van der Waals surface area contributed by atoms with E-state index in [9.17, 15) is 9.18 Å². The van der Waals surface area contributed by atoms with Crippen LogP contribution in [0.15, 0.2) is 42.5 Å². The summed E-state index contributed by atoms with van der Waals surface area (Å²) in [5.41, 5.74) is 4.04. The van der Waals surface area contributed by atoms with Gasteiger partial charge in [0.1, 0.15) is 11.9 Å². The predicted octanol–water partition coefficient (Wildman–Crippen LogP) is 3.34. The Morgan fingerprint density at radius 3 is 2.21 bits per heavy atom. The number of halogens is 1. The first-order chi connectivity index (χ1) is 11.4. The summed E-state index contributed by atoms with van der Waals surface area (Å²) in [6.07, 6.45) is 0. The molecule has 0 aliphatic rings. The maximum atomic E-state index is 13.1. The lowest BCUT2D eigenvalue weighted by atomic mass is 9.96. The van der Waals surface area contributed by atoms with Crippen molar-refractivity contribution < 1.29 is 14.5 Å². The molecule has 1 atom stereocenters. The Hall–Kier alpha value is -2.20. The highest BCUT2D eigenvalue weighted by Crippen LogP contribution is 2.20. The number of benzene rings is 2. The number of nitrogens with two attached hydrogens (primary N) is 1. The van der Waals surface area contributed by atoms with Crippen LogP contribution in [0.2, 0.25) is 0 Å². The molecule has 0 bridgehead atoms. The first-order valence-electron chi connectivity index (χ1n) is 8.33. The molecule has 0 aromatic heterocycles. The number of carbonyl (C=O) groups excluding carboxylic acids is 1. The number of nitrogens with one attached hydrogen (secondary N) is 1. The fraction of sp³-hybridized carbons (Fsp3) is 0.350. The van der Waals surface area contributed by atoms with E-state index in [1.165, 1.54) is 12.1 Å². The number of anilines is 1. The van der Waals surface area contributed by atoms with Crippen molar-refractivity contribution in [3.05, 3.63) is 65.0 Å². The normalized spacial score (nSPS) is 12.2.